The number of hydrogen-bond acceptors (Lipinski definition) is 6. The molecule has 0 aromatic heterocycles. The highest BCUT2D eigenvalue weighted by molar-refractivity contribution is 7.89. The van der Waals surface area contributed by atoms with Crippen LogP contribution in [0.2, 0.25) is 0 Å². The molecule has 0 bridgehead atoms. The molecule has 2 N–H and O–H groups in total. The summed E-state index contributed by atoms with van der Waals surface area (Å²) in [6.45, 7) is 3.43. The van der Waals surface area contributed by atoms with Crippen LogP contribution in [-0.4, -0.2) is 35.2 Å². The van der Waals surface area contributed by atoms with Crippen LogP contribution in [0.4, 0.5) is 0 Å². The summed E-state index contributed by atoms with van der Waals surface area (Å²) in [7, 11) is -1.14. The van der Waals surface area contributed by atoms with Crippen LogP contribution in [-0.2, 0) is 14.8 Å². The zero-order valence-electron chi connectivity index (χ0n) is 15.5. The van der Waals surface area contributed by atoms with Gasteiger partial charge in [-0.1, -0.05) is 12.1 Å². The van der Waals surface area contributed by atoms with Gasteiger partial charge in [0.2, 0.25) is 0 Å². The first-order chi connectivity index (χ1) is 12.8. The molecular weight excluding hydrogens is 372 g/mol. The summed E-state index contributed by atoms with van der Waals surface area (Å²) in [6, 6.07) is 9.69. The fourth-order valence-electron chi connectivity index (χ4n) is 2.21. The first-order valence-corrected chi connectivity index (χ1v) is 9.48. The lowest BCUT2D eigenvalue weighted by molar-refractivity contribution is -0.123. The third-order valence-electron chi connectivity index (χ3n) is 3.69. The van der Waals surface area contributed by atoms with Gasteiger partial charge >= 0.3 is 0 Å². The highest BCUT2D eigenvalue weighted by Gasteiger charge is 2.18. The van der Waals surface area contributed by atoms with Gasteiger partial charge in [-0.05, 0) is 43.2 Å². The molecule has 0 saturated heterocycles. The van der Waals surface area contributed by atoms with E-state index in [1.807, 2.05) is 30.8 Å². The highest BCUT2D eigenvalue weighted by Crippen LogP contribution is 2.29. The van der Waals surface area contributed by atoms with Gasteiger partial charge in [-0.3, -0.25) is 10.2 Å². The van der Waals surface area contributed by atoms with E-state index >= 15 is 0 Å². The Kier molecular flexibility index (Phi) is 6.65. The van der Waals surface area contributed by atoms with Crippen molar-refractivity contribution in [3.63, 3.8) is 0 Å². The Labute approximate surface area is 158 Å². The molecule has 2 aromatic rings. The Morgan fingerprint density at radius 2 is 1.67 bits per heavy atom. The maximum atomic E-state index is 12.3. The van der Waals surface area contributed by atoms with Crippen molar-refractivity contribution < 1.29 is 27.4 Å². The van der Waals surface area contributed by atoms with Gasteiger partial charge < -0.3 is 14.2 Å². The van der Waals surface area contributed by atoms with Crippen molar-refractivity contribution in [2.24, 2.45) is 0 Å². The summed E-state index contributed by atoms with van der Waals surface area (Å²) in [6.07, 6.45) is 0. The van der Waals surface area contributed by atoms with E-state index in [9.17, 15) is 13.2 Å². The molecule has 0 aliphatic rings. The van der Waals surface area contributed by atoms with Gasteiger partial charge in [0.15, 0.2) is 18.1 Å². The van der Waals surface area contributed by atoms with Gasteiger partial charge in [-0.2, -0.15) is 0 Å². The number of hydrazine groups is 1. The lowest BCUT2D eigenvalue weighted by Gasteiger charge is -2.12. The van der Waals surface area contributed by atoms with Crippen molar-refractivity contribution in [3.05, 3.63) is 47.5 Å². The quantitative estimate of drug-likeness (QED) is 0.661. The van der Waals surface area contributed by atoms with Crippen LogP contribution in [0.25, 0.3) is 0 Å². The summed E-state index contributed by atoms with van der Waals surface area (Å²) in [5.41, 5.74) is 3.98. The standard InChI is InChI=1S/C18H22N2O6S/c1-12-5-6-13(2)16(9-12)26-11-18(21)19-20-27(22,23)14-7-8-15(24-3)17(10-14)25-4/h5-10,20H,11H2,1-4H3,(H,19,21). The maximum Gasteiger partial charge on any atom is 0.272 e. The molecule has 8 nitrogen and oxygen atoms in total. The van der Waals surface area contributed by atoms with E-state index < -0.39 is 15.9 Å². The van der Waals surface area contributed by atoms with Crippen LogP contribution in [0.3, 0.4) is 0 Å². The summed E-state index contributed by atoms with van der Waals surface area (Å²) in [5, 5.41) is 0. The van der Waals surface area contributed by atoms with E-state index in [2.05, 4.69) is 5.43 Å². The average molecular weight is 394 g/mol. The predicted octanol–water partition coefficient (Wildman–Crippen LogP) is 1.71. The number of methoxy groups -OCH3 is 2. The van der Waals surface area contributed by atoms with E-state index in [-0.39, 0.29) is 17.3 Å². The van der Waals surface area contributed by atoms with Gasteiger partial charge in [0, 0.05) is 6.07 Å². The molecule has 0 unspecified atom stereocenters. The molecule has 2 rings (SSSR count). The lowest BCUT2D eigenvalue weighted by atomic mass is 10.1. The third kappa shape index (κ3) is 5.35. The van der Waals surface area contributed by atoms with E-state index in [0.29, 0.717) is 11.5 Å². The van der Waals surface area contributed by atoms with E-state index in [4.69, 9.17) is 14.2 Å². The van der Waals surface area contributed by atoms with Gasteiger partial charge in [0.05, 0.1) is 19.1 Å². The van der Waals surface area contributed by atoms with E-state index in [1.54, 1.807) is 6.07 Å². The molecule has 0 atom stereocenters. The Balaban J connectivity index is 1.98. The number of sulfonamides is 1. The number of nitrogens with one attached hydrogen (secondary N) is 2. The zero-order valence-corrected chi connectivity index (χ0v) is 16.3. The monoisotopic (exact) mass is 394 g/mol. The van der Waals surface area contributed by atoms with Gasteiger partial charge in [-0.15, -0.1) is 4.83 Å². The summed E-state index contributed by atoms with van der Waals surface area (Å²) >= 11 is 0. The predicted molar refractivity (Wildman–Crippen MR) is 99.4 cm³/mol. The SMILES string of the molecule is COc1ccc(S(=O)(=O)NNC(=O)COc2cc(C)ccc2C)cc1OC. The van der Waals surface area contributed by atoms with Crippen molar-refractivity contribution in [1.82, 2.24) is 10.3 Å². The topological polar surface area (TPSA) is 103 Å². The fourth-order valence-corrected chi connectivity index (χ4v) is 3.08. The van der Waals surface area contributed by atoms with Gasteiger partial charge in [-0.25, -0.2) is 8.42 Å². The molecule has 1 amide bonds. The van der Waals surface area contributed by atoms with Crippen LogP contribution in [0.15, 0.2) is 41.3 Å². The summed E-state index contributed by atoms with van der Waals surface area (Å²) in [5.74, 6) is 0.570. The first kappa shape index (κ1) is 20.5. The molecule has 146 valence electrons. The smallest absolute Gasteiger partial charge is 0.272 e. The minimum atomic E-state index is -3.98. The van der Waals surface area contributed by atoms with E-state index in [1.165, 1.54) is 32.4 Å². The number of benzene rings is 2. The lowest BCUT2D eigenvalue weighted by Crippen LogP contribution is -2.43. The van der Waals surface area contributed by atoms with E-state index in [0.717, 1.165) is 11.1 Å². The Morgan fingerprint density at radius 3 is 2.33 bits per heavy atom. The molecule has 0 saturated carbocycles. The molecule has 0 spiro atoms. The van der Waals surface area contributed by atoms with Gasteiger partial charge in [0.1, 0.15) is 5.75 Å². The molecule has 9 heteroatoms. The number of aryl methyl sites for hydroxylation is 2. The van der Waals surface area contributed by atoms with Crippen LogP contribution in [0, 0.1) is 13.8 Å². The normalized spacial score (nSPS) is 11.0. The molecule has 0 radical (unpaired) electrons. The maximum absolute atomic E-state index is 12.3. The molecular formula is C18H22N2O6S. The fraction of sp³-hybridized carbons (Fsp3) is 0.278. The van der Waals surface area contributed by atoms with Crippen LogP contribution in [0.1, 0.15) is 11.1 Å². The molecule has 27 heavy (non-hydrogen) atoms. The molecule has 0 heterocycles. The largest absolute Gasteiger partial charge is 0.493 e. The second-order valence-electron chi connectivity index (χ2n) is 5.73. The van der Waals surface area contributed by atoms with Crippen molar-refractivity contribution >= 4 is 15.9 Å². The molecule has 0 fully saturated rings. The van der Waals surface area contributed by atoms with Crippen LogP contribution in [0.5, 0.6) is 17.2 Å². The number of carbonyl (C=O) groups is 1. The number of carbonyl (C=O) groups excluding carboxylic acids is 1. The van der Waals surface area contributed by atoms with Crippen molar-refractivity contribution in [3.8, 4) is 17.2 Å². The Morgan fingerprint density at radius 1 is 0.963 bits per heavy atom. The number of rotatable bonds is 8. The summed E-state index contributed by atoms with van der Waals surface area (Å²) < 4.78 is 40.2. The molecule has 0 aliphatic heterocycles. The van der Waals surface area contributed by atoms with Crippen molar-refractivity contribution in [1.29, 1.82) is 0 Å². The third-order valence-corrected chi connectivity index (χ3v) is 4.94. The number of amides is 1. The number of hydrogen-bond donors (Lipinski definition) is 2. The molecule has 0 aliphatic carbocycles. The van der Waals surface area contributed by atoms with Crippen molar-refractivity contribution in [2.45, 2.75) is 18.7 Å². The van der Waals surface area contributed by atoms with Gasteiger partial charge in [0.25, 0.3) is 15.9 Å². The highest BCUT2D eigenvalue weighted by atomic mass is 32.2. The summed E-state index contributed by atoms with van der Waals surface area (Å²) in [4.78, 5) is 13.8. The minimum absolute atomic E-state index is 0.0871. The first-order valence-electron chi connectivity index (χ1n) is 7.99. The van der Waals surface area contributed by atoms with Crippen molar-refractivity contribution in [2.75, 3.05) is 20.8 Å². The van der Waals surface area contributed by atoms with Crippen LogP contribution >= 0.6 is 0 Å². The number of ether oxygens (including phenoxy) is 3. The second-order valence-corrected chi connectivity index (χ2v) is 7.41. The Hall–Kier alpha value is -2.78. The Bertz CT molecular complexity index is 927. The molecule has 2 aromatic carbocycles. The average Bonchev–Trinajstić information content (AvgIpc) is 2.66. The van der Waals surface area contributed by atoms with Crippen LogP contribution < -0.4 is 24.5 Å². The minimum Gasteiger partial charge on any atom is -0.493 e. The zero-order chi connectivity index (χ0) is 20.0. The second kappa shape index (κ2) is 8.74.